The van der Waals surface area contributed by atoms with Gasteiger partial charge in [-0.05, 0) is 19.3 Å². The second kappa shape index (κ2) is 5.12. The van der Waals surface area contributed by atoms with Gasteiger partial charge in [0, 0.05) is 0 Å². The zero-order chi connectivity index (χ0) is 13.1. The Hall–Kier alpha value is -1.65. The molecule has 5 nitrogen and oxygen atoms in total. The standard InChI is InChI=1S/C12H18N2O3/c1-4-6-7-12(8(3)5-2)9(15)13-11(17)14-10(12)16/h4,6,8H,5,7H2,1-3H3,(H2,13,14,15,16,17). The van der Waals surface area contributed by atoms with Crippen molar-refractivity contribution in [3.05, 3.63) is 12.2 Å². The summed E-state index contributed by atoms with van der Waals surface area (Å²) in [6.07, 6.45) is 4.57. The Morgan fingerprint density at radius 3 is 2.18 bits per heavy atom. The van der Waals surface area contributed by atoms with E-state index in [-0.39, 0.29) is 5.92 Å². The average molecular weight is 238 g/mol. The SMILES string of the molecule is CC=CCC1(C(C)CC)C(=O)NC(=O)NC1=O. The zero-order valence-corrected chi connectivity index (χ0v) is 10.4. The molecular weight excluding hydrogens is 220 g/mol. The summed E-state index contributed by atoms with van der Waals surface area (Å²) in [5.74, 6) is -1.13. The molecule has 5 heteroatoms. The molecule has 1 aliphatic heterocycles. The van der Waals surface area contributed by atoms with Crippen LogP contribution in [0.3, 0.4) is 0 Å². The summed E-state index contributed by atoms with van der Waals surface area (Å²) in [6, 6.07) is -0.737. The van der Waals surface area contributed by atoms with Crippen molar-refractivity contribution in [2.75, 3.05) is 0 Å². The Kier molecular flexibility index (Phi) is 4.04. The van der Waals surface area contributed by atoms with E-state index < -0.39 is 23.3 Å². The van der Waals surface area contributed by atoms with Crippen molar-refractivity contribution >= 4 is 17.8 Å². The number of urea groups is 1. The monoisotopic (exact) mass is 238 g/mol. The maximum atomic E-state index is 12.0. The smallest absolute Gasteiger partial charge is 0.277 e. The van der Waals surface area contributed by atoms with Crippen molar-refractivity contribution in [3.8, 4) is 0 Å². The topological polar surface area (TPSA) is 75.3 Å². The highest BCUT2D eigenvalue weighted by atomic mass is 16.2. The lowest BCUT2D eigenvalue weighted by atomic mass is 9.70. The van der Waals surface area contributed by atoms with Crippen LogP contribution in [0.4, 0.5) is 4.79 Å². The van der Waals surface area contributed by atoms with Gasteiger partial charge in [0.05, 0.1) is 0 Å². The van der Waals surface area contributed by atoms with Crippen LogP contribution in [0.1, 0.15) is 33.6 Å². The van der Waals surface area contributed by atoms with Crippen molar-refractivity contribution < 1.29 is 14.4 Å². The molecule has 0 bridgehead atoms. The summed E-state index contributed by atoms with van der Waals surface area (Å²) >= 11 is 0. The fourth-order valence-corrected chi connectivity index (χ4v) is 2.05. The van der Waals surface area contributed by atoms with Crippen LogP contribution >= 0.6 is 0 Å². The Morgan fingerprint density at radius 2 is 1.76 bits per heavy atom. The number of carbonyl (C=O) groups excluding carboxylic acids is 3. The summed E-state index contributed by atoms with van der Waals surface area (Å²) in [5, 5.41) is 4.36. The van der Waals surface area contributed by atoms with Gasteiger partial charge in [-0.3, -0.25) is 20.2 Å². The fourth-order valence-electron chi connectivity index (χ4n) is 2.05. The van der Waals surface area contributed by atoms with Crippen LogP contribution in [-0.4, -0.2) is 17.8 Å². The number of allylic oxidation sites excluding steroid dienone is 2. The fraction of sp³-hybridized carbons (Fsp3) is 0.583. The van der Waals surface area contributed by atoms with Gasteiger partial charge in [-0.15, -0.1) is 0 Å². The molecule has 17 heavy (non-hydrogen) atoms. The van der Waals surface area contributed by atoms with Gasteiger partial charge in [0.1, 0.15) is 5.41 Å². The third-order valence-electron chi connectivity index (χ3n) is 3.39. The van der Waals surface area contributed by atoms with Gasteiger partial charge in [0.25, 0.3) is 0 Å². The number of hydrogen-bond donors (Lipinski definition) is 2. The lowest BCUT2D eigenvalue weighted by molar-refractivity contribution is -0.148. The molecule has 0 aromatic rings. The first-order valence-electron chi connectivity index (χ1n) is 5.77. The Labute approximate surface area is 101 Å². The van der Waals surface area contributed by atoms with Gasteiger partial charge in [0.15, 0.2) is 0 Å². The molecule has 1 unspecified atom stereocenters. The Bertz CT molecular complexity index is 354. The molecule has 0 aliphatic carbocycles. The summed E-state index contributed by atoms with van der Waals surface area (Å²) in [5.41, 5.74) is -1.17. The number of amides is 4. The molecule has 0 spiro atoms. The van der Waals surface area contributed by atoms with Crippen LogP contribution in [0.5, 0.6) is 0 Å². The van der Waals surface area contributed by atoms with Gasteiger partial charge in [-0.1, -0.05) is 32.4 Å². The highest BCUT2D eigenvalue weighted by Gasteiger charge is 2.52. The third-order valence-corrected chi connectivity index (χ3v) is 3.39. The molecule has 0 aromatic carbocycles. The van der Waals surface area contributed by atoms with Gasteiger partial charge in [-0.25, -0.2) is 4.79 Å². The normalized spacial score (nSPS) is 21.2. The van der Waals surface area contributed by atoms with E-state index in [1.54, 1.807) is 12.2 Å². The van der Waals surface area contributed by atoms with E-state index in [1.165, 1.54) is 0 Å². The van der Waals surface area contributed by atoms with E-state index in [4.69, 9.17) is 0 Å². The lowest BCUT2D eigenvalue weighted by Crippen LogP contribution is -2.64. The molecule has 0 saturated carbocycles. The zero-order valence-electron chi connectivity index (χ0n) is 10.4. The van der Waals surface area contributed by atoms with E-state index in [0.29, 0.717) is 12.8 Å². The number of hydrogen-bond acceptors (Lipinski definition) is 3. The molecule has 1 heterocycles. The highest BCUT2D eigenvalue weighted by Crippen LogP contribution is 2.36. The van der Waals surface area contributed by atoms with Crippen LogP contribution in [0.25, 0.3) is 0 Å². The lowest BCUT2D eigenvalue weighted by Gasteiger charge is -2.37. The van der Waals surface area contributed by atoms with Gasteiger partial charge < -0.3 is 0 Å². The van der Waals surface area contributed by atoms with Crippen molar-refractivity contribution in [2.45, 2.75) is 33.6 Å². The number of imide groups is 2. The quantitative estimate of drug-likeness (QED) is 0.573. The molecule has 94 valence electrons. The first-order chi connectivity index (χ1) is 7.98. The first-order valence-corrected chi connectivity index (χ1v) is 5.77. The number of carbonyl (C=O) groups is 3. The van der Waals surface area contributed by atoms with Crippen LogP contribution in [0.2, 0.25) is 0 Å². The summed E-state index contributed by atoms with van der Waals surface area (Å²) < 4.78 is 0. The van der Waals surface area contributed by atoms with Crippen LogP contribution < -0.4 is 10.6 Å². The van der Waals surface area contributed by atoms with E-state index in [9.17, 15) is 14.4 Å². The summed E-state index contributed by atoms with van der Waals surface area (Å²) in [6.45, 7) is 5.59. The largest absolute Gasteiger partial charge is 0.328 e. The van der Waals surface area contributed by atoms with Crippen LogP contribution in [0, 0.1) is 11.3 Å². The molecule has 4 amide bonds. The van der Waals surface area contributed by atoms with Gasteiger partial charge >= 0.3 is 6.03 Å². The molecule has 1 fully saturated rings. The van der Waals surface area contributed by atoms with Crippen molar-refractivity contribution in [1.29, 1.82) is 0 Å². The number of nitrogens with one attached hydrogen (secondary N) is 2. The van der Waals surface area contributed by atoms with Gasteiger partial charge in [0.2, 0.25) is 11.8 Å². The molecule has 2 N–H and O–H groups in total. The molecule has 0 radical (unpaired) electrons. The van der Waals surface area contributed by atoms with Gasteiger partial charge in [-0.2, -0.15) is 0 Å². The van der Waals surface area contributed by atoms with Crippen molar-refractivity contribution in [1.82, 2.24) is 10.6 Å². The average Bonchev–Trinajstić information content (AvgIpc) is 2.27. The van der Waals surface area contributed by atoms with E-state index >= 15 is 0 Å². The van der Waals surface area contributed by atoms with E-state index in [0.717, 1.165) is 0 Å². The predicted octanol–water partition coefficient (Wildman–Crippen LogP) is 1.35. The molecule has 0 aromatic heterocycles. The Morgan fingerprint density at radius 1 is 1.24 bits per heavy atom. The maximum Gasteiger partial charge on any atom is 0.328 e. The second-order valence-electron chi connectivity index (χ2n) is 4.29. The second-order valence-corrected chi connectivity index (χ2v) is 4.29. The van der Waals surface area contributed by atoms with Crippen molar-refractivity contribution in [3.63, 3.8) is 0 Å². The molecular formula is C12H18N2O3. The number of barbiturate groups is 1. The predicted molar refractivity (Wildman–Crippen MR) is 63.0 cm³/mol. The minimum atomic E-state index is -1.17. The Balaban J connectivity index is 3.15. The van der Waals surface area contributed by atoms with Crippen molar-refractivity contribution in [2.24, 2.45) is 11.3 Å². The van der Waals surface area contributed by atoms with Crippen LogP contribution in [0.15, 0.2) is 12.2 Å². The van der Waals surface area contributed by atoms with E-state index in [2.05, 4.69) is 10.6 Å². The highest BCUT2D eigenvalue weighted by molar-refractivity contribution is 6.19. The minimum Gasteiger partial charge on any atom is -0.277 e. The van der Waals surface area contributed by atoms with E-state index in [1.807, 2.05) is 20.8 Å². The third kappa shape index (κ3) is 2.23. The summed E-state index contributed by atoms with van der Waals surface area (Å²) in [7, 11) is 0. The first kappa shape index (κ1) is 13.4. The number of rotatable bonds is 4. The molecule has 1 saturated heterocycles. The maximum absolute atomic E-state index is 12.0. The summed E-state index contributed by atoms with van der Waals surface area (Å²) in [4.78, 5) is 35.1. The molecule has 1 aliphatic rings. The molecule has 1 rings (SSSR count). The van der Waals surface area contributed by atoms with Crippen LogP contribution in [-0.2, 0) is 9.59 Å². The molecule has 1 atom stereocenters. The minimum absolute atomic E-state index is 0.133.